The molecule has 1 unspecified atom stereocenters. The highest BCUT2D eigenvalue weighted by atomic mass is 35.5. The van der Waals surface area contributed by atoms with E-state index >= 15 is 0 Å². The second-order valence-corrected chi connectivity index (χ2v) is 8.11. The number of quaternary nitrogens is 1. The van der Waals surface area contributed by atoms with E-state index in [1.807, 2.05) is 24.3 Å². The third-order valence-electron chi connectivity index (χ3n) is 5.87. The lowest BCUT2D eigenvalue weighted by molar-refractivity contribution is -0.888. The molecule has 1 fully saturated rings. The minimum atomic E-state index is -0.462. The van der Waals surface area contributed by atoms with Gasteiger partial charge in [0.25, 0.3) is 5.91 Å². The van der Waals surface area contributed by atoms with E-state index in [1.54, 1.807) is 11.8 Å². The number of hydrogen-bond donors (Lipinski definition) is 2. The summed E-state index contributed by atoms with van der Waals surface area (Å²) in [5.74, 6) is 0.388. The van der Waals surface area contributed by atoms with Gasteiger partial charge in [-0.05, 0) is 59.7 Å². The molecule has 1 atom stereocenters. The van der Waals surface area contributed by atoms with E-state index in [1.165, 1.54) is 14.0 Å². The first-order chi connectivity index (χ1) is 14.9. The van der Waals surface area contributed by atoms with Crippen molar-refractivity contribution in [2.24, 2.45) is 11.0 Å². The Kier molecular flexibility index (Phi) is 9.18. The number of amidine groups is 1. The van der Waals surface area contributed by atoms with Crippen LogP contribution in [0.1, 0.15) is 45.1 Å². The summed E-state index contributed by atoms with van der Waals surface area (Å²) in [4.78, 5) is 38.8. The second-order valence-electron chi connectivity index (χ2n) is 8.11. The van der Waals surface area contributed by atoms with Gasteiger partial charge in [0.2, 0.25) is 0 Å². The first kappa shape index (κ1) is 25.8. The van der Waals surface area contributed by atoms with E-state index in [4.69, 9.17) is 4.74 Å². The second kappa shape index (κ2) is 11.4. The number of hydrogen-bond acceptors (Lipinski definition) is 6. The number of ether oxygens (including phenoxy) is 1. The van der Waals surface area contributed by atoms with Gasteiger partial charge in [-0.25, -0.2) is 9.69 Å². The number of aryl methyl sites for hydroxylation is 1. The minimum absolute atomic E-state index is 0. The molecule has 2 N–H and O–H groups in total. The largest absolute Gasteiger partial charge is 0.481 e. The Morgan fingerprint density at radius 1 is 1.28 bits per heavy atom. The van der Waals surface area contributed by atoms with Crippen LogP contribution >= 0.6 is 12.4 Å². The zero-order chi connectivity index (χ0) is 22.4. The Balaban J connectivity index is 0.00000363. The number of methoxy groups -OCH3 is 1. The number of amides is 3. The van der Waals surface area contributed by atoms with Crippen molar-refractivity contribution < 1.29 is 23.8 Å². The lowest BCUT2D eigenvalue weighted by Crippen LogP contribution is -2.60. The Labute approximate surface area is 195 Å². The van der Waals surface area contributed by atoms with Gasteiger partial charge in [0.1, 0.15) is 6.54 Å². The predicted molar refractivity (Wildman–Crippen MR) is 124 cm³/mol. The molecule has 0 spiro atoms. The molecular weight excluding hydrogens is 434 g/mol. The highest BCUT2D eigenvalue weighted by Gasteiger charge is 2.51. The number of halogens is 1. The van der Waals surface area contributed by atoms with Crippen LogP contribution in [0, 0.1) is 5.92 Å². The Morgan fingerprint density at radius 2 is 1.97 bits per heavy atom. The van der Waals surface area contributed by atoms with Crippen LogP contribution in [0.25, 0.3) is 0 Å². The molecular formula is C22H33ClN5O4+. The SMILES string of the molecule is COC(=O)CCc1ccccc1N1C(=O)[N+](CCC2CCNCC2)(NC(C)=O)N=C1C.Cl. The van der Waals surface area contributed by atoms with Crippen molar-refractivity contribution in [1.29, 1.82) is 0 Å². The predicted octanol–water partition coefficient (Wildman–Crippen LogP) is 2.75. The van der Waals surface area contributed by atoms with Crippen LogP contribution in [0.4, 0.5) is 10.5 Å². The minimum Gasteiger partial charge on any atom is -0.469 e. The molecule has 10 heteroatoms. The number of carbonyl (C=O) groups excluding carboxylic acids is 3. The van der Waals surface area contributed by atoms with Gasteiger partial charge in [0.15, 0.2) is 5.84 Å². The van der Waals surface area contributed by atoms with E-state index in [0.29, 0.717) is 30.4 Å². The van der Waals surface area contributed by atoms with Gasteiger partial charge in [0.05, 0.1) is 12.8 Å². The Hall–Kier alpha value is -2.49. The summed E-state index contributed by atoms with van der Waals surface area (Å²) in [7, 11) is 1.36. The zero-order valence-corrected chi connectivity index (χ0v) is 19.7. The van der Waals surface area contributed by atoms with Crippen LogP contribution in [-0.4, -0.2) is 55.2 Å². The summed E-state index contributed by atoms with van der Waals surface area (Å²) in [5, 5.41) is 7.98. The molecule has 0 bridgehead atoms. The molecule has 0 radical (unpaired) electrons. The van der Waals surface area contributed by atoms with Crippen molar-refractivity contribution >= 4 is 41.8 Å². The molecule has 1 aromatic carbocycles. The summed E-state index contributed by atoms with van der Waals surface area (Å²) < 4.78 is 4.29. The third kappa shape index (κ3) is 5.85. The van der Waals surface area contributed by atoms with Crippen molar-refractivity contribution in [3.63, 3.8) is 0 Å². The van der Waals surface area contributed by atoms with Gasteiger partial charge in [0, 0.05) is 26.7 Å². The summed E-state index contributed by atoms with van der Waals surface area (Å²) >= 11 is 0. The van der Waals surface area contributed by atoms with E-state index in [-0.39, 0.29) is 36.7 Å². The molecule has 2 aliphatic heterocycles. The number of piperidine rings is 1. The molecule has 0 saturated carbocycles. The number of urea groups is 1. The van der Waals surface area contributed by atoms with Crippen LogP contribution in [-0.2, 0) is 20.7 Å². The van der Waals surface area contributed by atoms with Crippen LogP contribution in [0.3, 0.4) is 0 Å². The molecule has 0 aliphatic carbocycles. The molecule has 176 valence electrons. The van der Waals surface area contributed by atoms with Crippen LogP contribution in [0.2, 0.25) is 0 Å². The van der Waals surface area contributed by atoms with Crippen LogP contribution in [0.5, 0.6) is 0 Å². The zero-order valence-electron chi connectivity index (χ0n) is 18.9. The third-order valence-corrected chi connectivity index (χ3v) is 5.87. The maximum Gasteiger partial charge on any atom is 0.481 e. The standard InChI is InChI=1S/C22H31N5O4.ClH/c1-16-24-27(25-17(2)28,15-12-18-10-13-23-14-11-18)22(30)26(16)20-7-5-4-6-19(20)8-9-21(29)31-3;/h4-7,18,23H,8-15H2,1-3H3;1H/p+1. The molecule has 2 heterocycles. The number of benzene rings is 1. The molecule has 3 amide bonds. The number of carbonyl (C=O) groups is 3. The average molecular weight is 467 g/mol. The van der Waals surface area contributed by atoms with E-state index in [0.717, 1.165) is 37.9 Å². The molecule has 1 aromatic rings. The normalized spacial score (nSPS) is 21.0. The van der Waals surface area contributed by atoms with E-state index in [2.05, 4.69) is 15.8 Å². The monoisotopic (exact) mass is 466 g/mol. The summed E-state index contributed by atoms with van der Waals surface area (Å²) in [6.07, 6.45) is 3.55. The highest BCUT2D eigenvalue weighted by molar-refractivity contribution is 6.16. The maximum absolute atomic E-state index is 13.7. The average Bonchev–Trinajstić information content (AvgIpc) is 3.00. The smallest absolute Gasteiger partial charge is 0.469 e. The lowest BCUT2D eigenvalue weighted by atomic mass is 9.94. The molecule has 0 aromatic heterocycles. The van der Waals surface area contributed by atoms with Gasteiger partial charge in [-0.2, -0.15) is 5.43 Å². The number of esters is 1. The topological polar surface area (TPSA) is 100 Å². The van der Waals surface area contributed by atoms with Crippen molar-refractivity contribution in [2.75, 3.05) is 31.6 Å². The first-order valence-electron chi connectivity index (χ1n) is 10.8. The summed E-state index contributed by atoms with van der Waals surface area (Å²) in [5.41, 5.74) is 4.30. The molecule has 9 nitrogen and oxygen atoms in total. The highest BCUT2D eigenvalue weighted by Crippen LogP contribution is 2.31. The van der Waals surface area contributed by atoms with Gasteiger partial charge in [-0.3, -0.25) is 9.59 Å². The van der Waals surface area contributed by atoms with Crippen LogP contribution < -0.4 is 15.6 Å². The number of para-hydroxylation sites is 1. The summed E-state index contributed by atoms with van der Waals surface area (Å²) in [6, 6.07) is 7.13. The van der Waals surface area contributed by atoms with Gasteiger partial charge in [-0.1, -0.05) is 18.2 Å². The lowest BCUT2D eigenvalue weighted by Gasteiger charge is -2.29. The van der Waals surface area contributed by atoms with Gasteiger partial charge < -0.3 is 10.1 Å². The van der Waals surface area contributed by atoms with Gasteiger partial charge in [-0.15, -0.1) is 12.4 Å². The Morgan fingerprint density at radius 3 is 2.62 bits per heavy atom. The van der Waals surface area contributed by atoms with Crippen molar-refractivity contribution in [1.82, 2.24) is 10.7 Å². The number of nitrogens with zero attached hydrogens (tertiary/aromatic N) is 3. The fourth-order valence-electron chi connectivity index (χ4n) is 4.27. The molecule has 2 aliphatic rings. The van der Waals surface area contributed by atoms with Crippen molar-refractivity contribution in [3.05, 3.63) is 29.8 Å². The van der Waals surface area contributed by atoms with Crippen molar-refractivity contribution in [2.45, 2.75) is 46.0 Å². The Bertz CT molecular complexity index is 872. The summed E-state index contributed by atoms with van der Waals surface area (Å²) in [6.45, 7) is 5.51. The van der Waals surface area contributed by atoms with E-state index < -0.39 is 4.70 Å². The van der Waals surface area contributed by atoms with Gasteiger partial charge >= 0.3 is 12.0 Å². The molecule has 1 saturated heterocycles. The first-order valence-corrected chi connectivity index (χ1v) is 10.8. The fraction of sp³-hybridized carbons (Fsp3) is 0.545. The van der Waals surface area contributed by atoms with Crippen LogP contribution in [0.15, 0.2) is 29.4 Å². The molecule has 32 heavy (non-hydrogen) atoms. The number of rotatable bonds is 8. The maximum atomic E-state index is 13.7. The van der Waals surface area contributed by atoms with Crippen molar-refractivity contribution in [3.8, 4) is 0 Å². The number of nitrogens with one attached hydrogen (secondary N) is 2. The number of anilines is 1. The fourth-order valence-corrected chi connectivity index (χ4v) is 4.27. The van der Waals surface area contributed by atoms with E-state index in [9.17, 15) is 14.4 Å². The molecule has 3 rings (SSSR count). The quantitative estimate of drug-likeness (QED) is 0.453.